The third-order valence-corrected chi connectivity index (χ3v) is 9.32. The Morgan fingerprint density at radius 3 is 2.65 bits per heavy atom. The highest BCUT2D eigenvalue weighted by molar-refractivity contribution is 8.02. The van der Waals surface area contributed by atoms with Crippen LogP contribution in [0, 0.1) is 25.7 Å². The number of fused-ring (bicyclic) bond motifs is 2. The second-order valence-corrected chi connectivity index (χ2v) is 11.2. The number of hydrogen-bond donors (Lipinski definition) is 1. The number of anilines is 1. The third kappa shape index (κ3) is 3.33. The van der Waals surface area contributed by atoms with E-state index in [0.29, 0.717) is 19.5 Å². The van der Waals surface area contributed by atoms with Gasteiger partial charge in [-0.25, -0.2) is 0 Å². The number of amides is 3. The topological polar surface area (TPSA) is 81.2 Å². The lowest BCUT2D eigenvalue weighted by Gasteiger charge is -2.35. The van der Waals surface area contributed by atoms with Gasteiger partial charge in [0.15, 0.2) is 0 Å². The van der Waals surface area contributed by atoms with Crippen LogP contribution in [0.25, 0.3) is 0 Å². The summed E-state index contributed by atoms with van der Waals surface area (Å²) >= 11 is 1.58. The van der Waals surface area contributed by atoms with Crippen LogP contribution in [0.1, 0.15) is 17.5 Å². The molecule has 4 heterocycles. The first kappa shape index (κ1) is 23.2. The Morgan fingerprint density at radius 1 is 1.09 bits per heavy atom. The van der Waals surface area contributed by atoms with Crippen LogP contribution in [-0.4, -0.2) is 82.0 Å². The van der Waals surface area contributed by atoms with E-state index in [0.717, 1.165) is 16.8 Å². The van der Waals surface area contributed by atoms with Crippen molar-refractivity contribution < 1.29 is 19.5 Å². The van der Waals surface area contributed by atoms with Crippen LogP contribution in [0.3, 0.4) is 0 Å². The van der Waals surface area contributed by atoms with Crippen molar-refractivity contribution in [1.29, 1.82) is 0 Å². The maximum atomic E-state index is 14.3. The Labute approximate surface area is 204 Å². The predicted molar refractivity (Wildman–Crippen MR) is 132 cm³/mol. The monoisotopic (exact) mass is 481 g/mol. The van der Waals surface area contributed by atoms with Gasteiger partial charge in [0.25, 0.3) is 5.91 Å². The molecule has 0 aromatic heterocycles. The van der Waals surface area contributed by atoms with Gasteiger partial charge in [-0.1, -0.05) is 36.4 Å². The van der Waals surface area contributed by atoms with E-state index in [-0.39, 0.29) is 36.1 Å². The Bertz CT molecular complexity index is 1100. The number of aliphatic hydroxyl groups excluding tert-OH is 1. The molecule has 8 heteroatoms. The molecule has 5 atom stereocenters. The number of aryl methyl sites for hydroxylation is 2. The molecule has 34 heavy (non-hydrogen) atoms. The van der Waals surface area contributed by atoms with Crippen molar-refractivity contribution in [2.75, 3.05) is 38.2 Å². The number of carbonyl (C=O) groups excluding carboxylic acids is 3. The molecule has 2 fully saturated rings. The molecule has 1 aromatic rings. The Morgan fingerprint density at radius 2 is 1.88 bits per heavy atom. The van der Waals surface area contributed by atoms with Gasteiger partial charge in [-0.15, -0.1) is 11.8 Å². The molecular formula is C26H31N3O4S. The molecule has 5 rings (SSSR count). The van der Waals surface area contributed by atoms with Crippen LogP contribution in [0.5, 0.6) is 0 Å². The predicted octanol–water partition coefficient (Wildman–Crippen LogP) is 1.91. The van der Waals surface area contributed by atoms with Gasteiger partial charge in [0.1, 0.15) is 6.04 Å². The average molecular weight is 482 g/mol. The first-order valence-corrected chi connectivity index (χ1v) is 12.7. The SMILES string of the molecule is Cc1ccc(C)c(N2CC=C[C@]34S[C@H]5C=CCN(C)C(=O)[C@H]5[C@H]3C(=O)N(CCCO)C4C2=O)c1. The first-order valence-electron chi connectivity index (χ1n) is 11.9. The molecule has 1 aromatic carbocycles. The van der Waals surface area contributed by atoms with Crippen molar-refractivity contribution in [1.82, 2.24) is 9.80 Å². The molecule has 7 nitrogen and oxygen atoms in total. The van der Waals surface area contributed by atoms with Gasteiger partial charge in [0.2, 0.25) is 11.8 Å². The summed E-state index contributed by atoms with van der Waals surface area (Å²) in [6, 6.07) is 5.32. The molecule has 4 aliphatic heterocycles. The summed E-state index contributed by atoms with van der Waals surface area (Å²) in [5.41, 5.74) is 2.90. The van der Waals surface area contributed by atoms with Crippen molar-refractivity contribution in [3.8, 4) is 0 Å². The maximum absolute atomic E-state index is 14.3. The van der Waals surface area contributed by atoms with Crippen LogP contribution < -0.4 is 4.90 Å². The van der Waals surface area contributed by atoms with Gasteiger partial charge in [-0.2, -0.15) is 0 Å². The Hall–Kier alpha value is -2.58. The van der Waals surface area contributed by atoms with E-state index in [4.69, 9.17) is 0 Å². The van der Waals surface area contributed by atoms with Crippen molar-refractivity contribution in [3.05, 3.63) is 53.6 Å². The molecule has 0 radical (unpaired) electrons. The molecule has 3 amide bonds. The highest BCUT2D eigenvalue weighted by Gasteiger charge is 2.70. The number of rotatable bonds is 4. The average Bonchev–Trinajstić information content (AvgIpc) is 3.13. The fourth-order valence-corrected chi connectivity index (χ4v) is 7.98. The van der Waals surface area contributed by atoms with E-state index in [1.54, 1.807) is 33.5 Å². The Kier molecular flexibility index (Phi) is 5.84. The number of benzene rings is 1. The number of likely N-dealkylation sites (tertiary alicyclic amines) is 1. The fraction of sp³-hybridized carbons (Fsp3) is 0.500. The second kappa shape index (κ2) is 8.57. The van der Waals surface area contributed by atoms with Gasteiger partial charge >= 0.3 is 0 Å². The van der Waals surface area contributed by atoms with Crippen LogP contribution in [-0.2, 0) is 14.4 Å². The summed E-state index contributed by atoms with van der Waals surface area (Å²) in [5, 5.41) is 9.35. The summed E-state index contributed by atoms with van der Waals surface area (Å²) in [7, 11) is 1.77. The maximum Gasteiger partial charge on any atom is 0.251 e. The molecule has 0 bridgehead atoms. The molecular weight excluding hydrogens is 450 g/mol. The van der Waals surface area contributed by atoms with Gasteiger partial charge < -0.3 is 19.8 Å². The van der Waals surface area contributed by atoms with E-state index in [1.807, 2.05) is 56.4 Å². The third-order valence-electron chi connectivity index (χ3n) is 7.57. The zero-order chi connectivity index (χ0) is 24.2. The standard InChI is InChI=1S/C26H31N3O4S/c1-16-8-9-17(2)18(15-16)28-12-5-10-26-21(20-19(34-26)7-4-11-27(3)23(20)31)24(32)29(13-6-14-30)22(26)25(28)33/h4-5,7-10,15,19-22,30H,6,11-14H2,1-3H3/t19-,20+,21-,22?,26-/m0/s1. The molecule has 1 spiro atoms. The molecule has 2 saturated heterocycles. The van der Waals surface area contributed by atoms with Gasteiger partial charge in [-0.05, 0) is 37.5 Å². The molecule has 0 saturated carbocycles. The lowest BCUT2D eigenvalue weighted by molar-refractivity contribution is -0.142. The number of likely N-dealkylation sites (N-methyl/N-ethyl adjacent to an activating group) is 1. The van der Waals surface area contributed by atoms with E-state index in [1.165, 1.54) is 0 Å². The first-order chi connectivity index (χ1) is 16.3. The summed E-state index contributed by atoms with van der Waals surface area (Å²) in [6.45, 7) is 5.14. The highest BCUT2D eigenvalue weighted by Crippen LogP contribution is 2.61. The van der Waals surface area contributed by atoms with E-state index in [9.17, 15) is 19.5 Å². The van der Waals surface area contributed by atoms with Crippen molar-refractivity contribution >= 4 is 35.2 Å². The lowest BCUT2D eigenvalue weighted by atomic mass is 9.78. The van der Waals surface area contributed by atoms with Gasteiger partial charge in [0.05, 0.1) is 16.6 Å². The quantitative estimate of drug-likeness (QED) is 0.665. The van der Waals surface area contributed by atoms with E-state index in [2.05, 4.69) is 0 Å². The van der Waals surface area contributed by atoms with Crippen LogP contribution in [0.4, 0.5) is 5.69 Å². The minimum Gasteiger partial charge on any atom is -0.396 e. The number of aliphatic hydroxyl groups is 1. The number of carbonyl (C=O) groups is 3. The minimum atomic E-state index is -0.816. The molecule has 0 aliphatic carbocycles. The number of thioether (sulfide) groups is 1. The molecule has 180 valence electrons. The van der Waals surface area contributed by atoms with Crippen LogP contribution in [0.15, 0.2) is 42.5 Å². The second-order valence-electron chi connectivity index (χ2n) is 9.74. The molecule has 1 unspecified atom stereocenters. The van der Waals surface area contributed by atoms with E-state index < -0.39 is 22.6 Å². The summed E-state index contributed by atoms with van der Waals surface area (Å²) in [6.07, 6.45) is 8.44. The summed E-state index contributed by atoms with van der Waals surface area (Å²) in [4.78, 5) is 46.7. The minimum absolute atomic E-state index is 0.0445. The van der Waals surface area contributed by atoms with Crippen LogP contribution >= 0.6 is 11.8 Å². The van der Waals surface area contributed by atoms with Crippen LogP contribution in [0.2, 0.25) is 0 Å². The summed E-state index contributed by atoms with van der Waals surface area (Å²) < 4.78 is -0.816. The van der Waals surface area contributed by atoms with E-state index >= 15 is 0 Å². The van der Waals surface area contributed by atoms with Crippen molar-refractivity contribution in [3.63, 3.8) is 0 Å². The van der Waals surface area contributed by atoms with Crippen molar-refractivity contribution in [2.24, 2.45) is 11.8 Å². The van der Waals surface area contributed by atoms with Gasteiger partial charge in [-0.3, -0.25) is 14.4 Å². The molecule has 4 aliphatic rings. The smallest absolute Gasteiger partial charge is 0.251 e. The lowest BCUT2D eigenvalue weighted by Crippen LogP contribution is -2.53. The fourth-order valence-electron chi connectivity index (χ4n) is 5.97. The number of nitrogens with zero attached hydrogens (tertiary/aromatic N) is 3. The summed E-state index contributed by atoms with van der Waals surface area (Å²) in [5.74, 6) is -1.44. The van der Waals surface area contributed by atoms with Crippen molar-refractivity contribution in [2.45, 2.75) is 36.3 Å². The molecule has 1 N–H and O–H groups in total. The number of hydrogen-bond acceptors (Lipinski definition) is 5. The highest BCUT2D eigenvalue weighted by atomic mass is 32.2. The zero-order valence-electron chi connectivity index (χ0n) is 19.8. The Balaban J connectivity index is 1.63. The zero-order valence-corrected chi connectivity index (χ0v) is 20.6. The van der Waals surface area contributed by atoms with Gasteiger partial charge in [0, 0.05) is 44.2 Å². The largest absolute Gasteiger partial charge is 0.396 e. The normalized spacial score (nSPS) is 32.6.